The van der Waals surface area contributed by atoms with Gasteiger partial charge in [0.2, 0.25) is 0 Å². The summed E-state index contributed by atoms with van der Waals surface area (Å²) in [6.45, 7) is 0.270. The third-order valence-corrected chi connectivity index (χ3v) is 3.41. The van der Waals surface area contributed by atoms with E-state index in [9.17, 15) is 4.39 Å². The van der Waals surface area contributed by atoms with E-state index < -0.39 is 0 Å². The van der Waals surface area contributed by atoms with Crippen molar-refractivity contribution < 1.29 is 9.13 Å². The maximum absolute atomic E-state index is 13.6. The van der Waals surface area contributed by atoms with Crippen LogP contribution in [-0.4, -0.2) is 12.6 Å². The fourth-order valence-corrected chi connectivity index (χ4v) is 2.15. The van der Waals surface area contributed by atoms with Gasteiger partial charge in [-0.25, -0.2) is 4.39 Å². The van der Waals surface area contributed by atoms with Crippen molar-refractivity contribution in [2.24, 2.45) is 5.73 Å². The summed E-state index contributed by atoms with van der Waals surface area (Å²) in [5.41, 5.74) is 6.36. The molecule has 0 radical (unpaired) electrons. The Labute approximate surface area is 127 Å². The molecule has 0 fully saturated rings. The summed E-state index contributed by atoms with van der Waals surface area (Å²) in [5.74, 6) is 0.323. The smallest absolute Gasteiger partial charge is 0.127 e. The molecule has 2 nitrogen and oxygen atoms in total. The molecule has 0 aliphatic heterocycles. The molecule has 2 aromatic rings. The fourth-order valence-electron chi connectivity index (χ4n) is 1.78. The normalized spacial score (nSPS) is 12.2. The van der Waals surface area contributed by atoms with Gasteiger partial charge in [0.15, 0.2) is 0 Å². The highest BCUT2D eigenvalue weighted by Crippen LogP contribution is 2.21. The molecule has 5 heteroatoms. The van der Waals surface area contributed by atoms with Crippen molar-refractivity contribution in [3.05, 3.63) is 63.9 Å². The average Bonchev–Trinajstić information content (AvgIpc) is 2.42. The summed E-state index contributed by atoms with van der Waals surface area (Å²) in [4.78, 5) is 0. The van der Waals surface area contributed by atoms with Crippen LogP contribution in [-0.2, 0) is 6.42 Å². The predicted octanol–water partition coefficient (Wildman–Crippen LogP) is 4.08. The molecule has 0 spiro atoms. The van der Waals surface area contributed by atoms with Crippen molar-refractivity contribution in [1.82, 2.24) is 0 Å². The third-order valence-electron chi connectivity index (χ3n) is 2.81. The minimum atomic E-state index is -0.348. The minimum Gasteiger partial charge on any atom is -0.492 e. The lowest BCUT2D eigenvalue weighted by atomic mass is 10.1. The molecular formula is C15H14Cl2FNO. The zero-order valence-corrected chi connectivity index (χ0v) is 12.2. The van der Waals surface area contributed by atoms with Crippen molar-refractivity contribution >= 4 is 23.2 Å². The van der Waals surface area contributed by atoms with Gasteiger partial charge >= 0.3 is 0 Å². The summed E-state index contributed by atoms with van der Waals surface area (Å²) in [6.07, 6.45) is 0.319. The quantitative estimate of drug-likeness (QED) is 0.902. The number of rotatable bonds is 5. The van der Waals surface area contributed by atoms with E-state index in [-0.39, 0.29) is 18.5 Å². The summed E-state index contributed by atoms with van der Waals surface area (Å²) >= 11 is 11.7. The molecule has 0 saturated heterocycles. The Morgan fingerprint density at radius 3 is 2.45 bits per heavy atom. The molecule has 0 amide bonds. The number of halogens is 3. The van der Waals surface area contributed by atoms with Crippen LogP contribution in [0.3, 0.4) is 0 Å². The topological polar surface area (TPSA) is 35.2 Å². The van der Waals surface area contributed by atoms with Crippen LogP contribution in [0.25, 0.3) is 0 Å². The Morgan fingerprint density at radius 2 is 1.80 bits per heavy atom. The van der Waals surface area contributed by atoms with Crippen LogP contribution in [0.2, 0.25) is 10.0 Å². The predicted molar refractivity (Wildman–Crippen MR) is 80.0 cm³/mol. The lowest BCUT2D eigenvalue weighted by Gasteiger charge is -2.14. The maximum Gasteiger partial charge on any atom is 0.127 e. The molecule has 0 aliphatic carbocycles. The number of hydrogen-bond acceptors (Lipinski definition) is 2. The summed E-state index contributed by atoms with van der Waals surface area (Å²) in [6, 6.07) is 11.2. The zero-order valence-electron chi connectivity index (χ0n) is 10.7. The molecule has 2 aromatic carbocycles. The molecule has 106 valence electrons. The van der Waals surface area contributed by atoms with E-state index in [4.69, 9.17) is 33.7 Å². The molecule has 20 heavy (non-hydrogen) atoms. The van der Waals surface area contributed by atoms with Crippen LogP contribution in [0.1, 0.15) is 5.56 Å². The maximum atomic E-state index is 13.6. The number of hydrogen-bond donors (Lipinski definition) is 1. The molecule has 0 heterocycles. The first kappa shape index (κ1) is 15.1. The molecule has 0 saturated carbocycles. The van der Waals surface area contributed by atoms with Crippen molar-refractivity contribution in [2.75, 3.05) is 6.61 Å². The van der Waals surface area contributed by atoms with Crippen molar-refractivity contribution in [1.29, 1.82) is 0 Å². The van der Waals surface area contributed by atoms with Crippen molar-refractivity contribution in [3.8, 4) is 5.75 Å². The third kappa shape index (κ3) is 4.10. The second kappa shape index (κ2) is 6.93. The zero-order chi connectivity index (χ0) is 14.5. The van der Waals surface area contributed by atoms with Gasteiger partial charge in [0.05, 0.1) is 0 Å². The molecular weight excluding hydrogens is 300 g/mol. The SMILES string of the molecule is NC(COc1ccc(Cl)cc1)Cc1c(F)cccc1Cl. The van der Waals surface area contributed by atoms with E-state index in [1.54, 1.807) is 36.4 Å². The monoisotopic (exact) mass is 313 g/mol. The van der Waals surface area contributed by atoms with Gasteiger partial charge in [-0.15, -0.1) is 0 Å². The van der Waals surface area contributed by atoms with Gasteiger partial charge in [0, 0.05) is 21.7 Å². The van der Waals surface area contributed by atoms with Gasteiger partial charge in [-0.3, -0.25) is 0 Å². The van der Waals surface area contributed by atoms with Crippen LogP contribution in [0.4, 0.5) is 4.39 Å². The highest BCUT2D eigenvalue weighted by Gasteiger charge is 2.12. The van der Waals surface area contributed by atoms with Gasteiger partial charge in [-0.2, -0.15) is 0 Å². The molecule has 1 atom stereocenters. The van der Waals surface area contributed by atoms with Crippen LogP contribution < -0.4 is 10.5 Å². The second-order valence-electron chi connectivity index (χ2n) is 4.43. The number of nitrogens with two attached hydrogens (primary N) is 1. The van der Waals surface area contributed by atoms with Gasteiger partial charge in [-0.05, 0) is 42.8 Å². The summed E-state index contributed by atoms with van der Waals surface area (Å²) < 4.78 is 19.1. The first-order valence-corrected chi connectivity index (χ1v) is 6.88. The lowest BCUT2D eigenvalue weighted by molar-refractivity contribution is 0.287. The number of benzene rings is 2. The van der Waals surface area contributed by atoms with Gasteiger partial charge in [0.1, 0.15) is 18.2 Å². The Hall–Kier alpha value is -1.29. The first-order valence-electron chi connectivity index (χ1n) is 6.13. The van der Waals surface area contributed by atoms with Crippen LogP contribution in [0.5, 0.6) is 5.75 Å². The number of ether oxygens (including phenoxy) is 1. The van der Waals surface area contributed by atoms with E-state index in [0.29, 0.717) is 27.8 Å². The highest BCUT2D eigenvalue weighted by molar-refractivity contribution is 6.31. The van der Waals surface area contributed by atoms with E-state index >= 15 is 0 Å². The van der Waals surface area contributed by atoms with Crippen molar-refractivity contribution in [3.63, 3.8) is 0 Å². The lowest BCUT2D eigenvalue weighted by Crippen LogP contribution is -2.30. The van der Waals surface area contributed by atoms with E-state index in [1.165, 1.54) is 6.07 Å². The van der Waals surface area contributed by atoms with E-state index in [2.05, 4.69) is 0 Å². The van der Waals surface area contributed by atoms with Crippen molar-refractivity contribution in [2.45, 2.75) is 12.5 Å². The van der Waals surface area contributed by atoms with Crippen LogP contribution in [0, 0.1) is 5.82 Å². The molecule has 2 N–H and O–H groups in total. The van der Waals surface area contributed by atoms with E-state index in [0.717, 1.165) is 0 Å². The average molecular weight is 314 g/mol. The fraction of sp³-hybridized carbons (Fsp3) is 0.200. The molecule has 0 bridgehead atoms. The summed E-state index contributed by atoms with van der Waals surface area (Å²) in [5, 5.41) is 1.02. The van der Waals surface area contributed by atoms with E-state index in [1.807, 2.05) is 0 Å². The van der Waals surface area contributed by atoms with Gasteiger partial charge < -0.3 is 10.5 Å². The van der Waals surface area contributed by atoms with Crippen LogP contribution in [0.15, 0.2) is 42.5 Å². The molecule has 1 unspecified atom stereocenters. The minimum absolute atomic E-state index is 0.270. The highest BCUT2D eigenvalue weighted by atomic mass is 35.5. The van der Waals surface area contributed by atoms with Gasteiger partial charge in [0.25, 0.3) is 0 Å². The summed E-state index contributed by atoms with van der Waals surface area (Å²) in [7, 11) is 0. The van der Waals surface area contributed by atoms with Gasteiger partial charge in [-0.1, -0.05) is 29.3 Å². The second-order valence-corrected chi connectivity index (χ2v) is 5.27. The Balaban J connectivity index is 1.92. The Morgan fingerprint density at radius 1 is 1.10 bits per heavy atom. The Kier molecular flexibility index (Phi) is 5.24. The Bertz CT molecular complexity index is 554. The first-order chi connectivity index (χ1) is 9.56. The standard InChI is InChI=1S/C15H14Cl2FNO/c16-10-4-6-12(7-5-10)20-9-11(19)8-13-14(17)2-1-3-15(13)18/h1-7,11H,8-9,19H2. The molecule has 2 rings (SSSR count). The molecule has 0 aromatic heterocycles. The van der Waals surface area contributed by atoms with Crippen LogP contribution >= 0.6 is 23.2 Å². The largest absolute Gasteiger partial charge is 0.492 e. The molecule has 0 aliphatic rings.